The number of rotatable bonds is 2. The van der Waals surface area contributed by atoms with Crippen molar-refractivity contribution in [3.63, 3.8) is 0 Å². The molecule has 142 valence electrons. The predicted octanol–water partition coefficient (Wildman–Crippen LogP) is 0.923. The van der Waals surface area contributed by atoms with E-state index in [0.717, 1.165) is 0 Å². The summed E-state index contributed by atoms with van der Waals surface area (Å²) in [7, 11) is 0. The zero-order valence-electron chi connectivity index (χ0n) is 12.7. The third kappa shape index (κ3) is 3.00. The van der Waals surface area contributed by atoms with Crippen molar-refractivity contribution in [2.24, 2.45) is 0 Å². The summed E-state index contributed by atoms with van der Waals surface area (Å²) in [6, 6.07) is 0.500. The van der Waals surface area contributed by atoms with Crippen LogP contribution >= 0.6 is 0 Å². The second-order valence-corrected chi connectivity index (χ2v) is 5.18. The fourth-order valence-corrected chi connectivity index (χ4v) is 2.41. The molecule has 0 bridgehead atoms. The minimum absolute atomic E-state index is 0.0565. The molecule has 0 radical (unpaired) electrons. The molecule has 14 heteroatoms. The molecule has 27 heavy (non-hydrogen) atoms. The minimum atomic E-state index is -5.08. The van der Waals surface area contributed by atoms with E-state index >= 15 is 0 Å². The van der Waals surface area contributed by atoms with Crippen LogP contribution in [0.2, 0.25) is 0 Å². The molecular weight excluding hydrogens is 384 g/mol. The number of nitro groups is 1. The first kappa shape index (κ1) is 18.1. The second kappa shape index (κ2) is 5.93. The van der Waals surface area contributed by atoms with E-state index < -0.39 is 69.2 Å². The number of alkyl halides is 3. The van der Waals surface area contributed by atoms with E-state index in [1.807, 2.05) is 5.32 Å². The summed E-state index contributed by atoms with van der Waals surface area (Å²) in [6.07, 6.45) is -5.08. The van der Waals surface area contributed by atoms with Gasteiger partial charge >= 0.3 is 17.6 Å². The highest BCUT2D eigenvalue weighted by Crippen LogP contribution is 2.42. The first-order valence-corrected chi connectivity index (χ1v) is 6.88. The maximum Gasteiger partial charge on any atom is 0.431 e. The van der Waals surface area contributed by atoms with E-state index in [0.29, 0.717) is 6.07 Å². The number of aromatic nitrogens is 2. The lowest BCUT2D eigenvalue weighted by Crippen LogP contribution is -2.37. The average molecular weight is 390 g/mol. The zero-order chi connectivity index (χ0) is 20.1. The molecule has 2 heterocycles. The molecule has 0 atom stereocenters. The number of hydrogen-bond acceptors (Lipinski definition) is 6. The molecule has 2 N–H and O–H groups in total. The number of anilines is 1. The monoisotopic (exact) mass is 390 g/mol. The van der Waals surface area contributed by atoms with Gasteiger partial charge in [-0.2, -0.15) is 13.2 Å². The quantitative estimate of drug-likeness (QED) is 0.445. The van der Waals surface area contributed by atoms with Crippen LogP contribution in [0.5, 0.6) is 5.75 Å². The van der Waals surface area contributed by atoms with Gasteiger partial charge in [-0.1, -0.05) is 0 Å². The number of benzene rings is 1. The fraction of sp³-hybridized carbons (Fsp3) is 0.154. The summed E-state index contributed by atoms with van der Waals surface area (Å²) in [5.41, 5.74) is -8.27. The Labute approximate surface area is 144 Å². The Bertz CT molecular complexity index is 1070. The second-order valence-electron chi connectivity index (χ2n) is 5.18. The molecule has 1 aromatic carbocycles. The molecule has 0 saturated heterocycles. The first-order valence-electron chi connectivity index (χ1n) is 6.88. The van der Waals surface area contributed by atoms with Gasteiger partial charge in [0.05, 0.1) is 4.92 Å². The molecule has 0 spiro atoms. The molecule has 1 aliphatic heterocycles. The summed E-state index contributed by atoms with van der Waals surface area (Å²) >= 11 is 0. The van der Waals surface area contributed by atoms with E-state index in [-0.39, 0.29) is 10.6 Å². The molecule has 0 saturated carbocycles. The van der Waals surface area contributed by atoms with Crippen molar-refractivity contribution >= 4 is 17.3 Å². The van der Waals surface area contributed by atoms with Crippen molar-refractivity contribution in [1.29, 1.82) is 0 Å². The summed E-state index contributed by atoms with van der Waals surface area (Å²) in [6.45, 7) is -0.566. The van der Waals surface area contributed by atoms with Crippen LogP contribution in [0, 0.1) is 15.9 Å². The number of amides is 1. The van der Waals surface area contributed by atoms with Gasteiger partial charge in [0, 0.05) is 12.1 Å². The third-order valence-electron chi connectivity index (χ3n) is 3.46. The number of ether oxygens (including phenoxy) is 1. The molecule has 0 fully saturated rings. The summed E-state index contributed by atoms with van der Waals surface area (Å²) < 4.78 is 57.1. The molecule has 3 rings (SSSR count). The van der Waals surface area contributed by atoms with Gasteiger partial charge in [0.2, 0.25) is 0 Å². The first-order chi connectivity index (χ1) is 12.5. The predicted molar refractivity (Wildman–Crippen MR) is 78.4 cm³/mol. The van der Waals surface area contributed by atoms with E-state index in [9.17, 15) is 42.1 Å². The fourth-order valence-electron chi connectivity index (χ4n) is 2.41. The van der Waals surface area contributed by atoms with Gasteiger partial charge in [0.15, 0.2) is 29.5 Å². The Morgan fingerprint density at radius 1 is 1.22 bits per heavy atom. The number of nitrogens with zero attached hydrogens (tertiary/aromatic N) is 2. The van der Waals surface area contributed by atoms with Crippen LogP contribution in [0.15, 0.2) is 21.7 Å². The Hall–Kier alpha value is -3.71. The van der Waals surface area contributed by atoms with Crippen LogP contribution in [-0.4, -0.2) is 27.0 Å². The Morgan fingerprint density at radius 2 is 1.89 bits per heavy atom. The highest BCUT2D eigenvalue weighted by atomic mass is 19.4. The van der Waals surface area contributed by atoms with Gasteiger partial charge in [0.25, 0.3) is 11.5 Å². The maximum absolute atomic E-state index is 14.4. The molecule has 0 unspecified atom stereocenters. The Morgan fingerprint density at radius 3 is 2.44 bits per heavy atom. The van der Waals surface area contributed by atoms with E-state index in [4.69, 9.17) is 4.74 Å². The molecule has 2 aromatic rings. The molecule has 1 amide bonds. The van der Waals surface area contributed by atoms with E-state index in [1.165, 1.54) is 4.98 Å². The molecule has 1 aliphatic rings. The lowest BCUT2D eigenvalue weighted by atomic mass is 10.1. The number of aromatic amines is 1. The molecule has 0 aliphatic carbocycles. The normalized spacial score (nSPS) is 13.6. The number of nitro benzene ring substituents is 1. The van der Waals surface area contributed by atoms with Crippen molar-refractivity contribution in [1.82, 2.24) is 9.55 Å². The van der Waals surface area contributed by atoms with Gasteiger partial charge < -0.3 is 15.0 Å². The molecular formula is C13H6F4N4O6. The van der Waals surface area contributed by atoms with E-state index in [2.05, 4.69) is 0 Å². The van der Waals surface area contributed by atoms with Crippen LogP contribution in [0.1, 0.15) is 5.69 Å². The van der Waals surface area contributed by atoms with Gasteiger partial charge in [-0.3, -0.25) is 19.7 Å². The summed E-state index contributed by atoms with van der Waals surface area (Å²) in [4.78, 5) is 46.9. The lowest BCUT2D eigenvalue weighted by Gasteiger charge is -2.19. The Kier molecular flexibility index (Phi) is 3.97. The summed E-state index contributed by atoms with van der Waals surface area (Å²) in [5.74, 6) is -2.78. The minimum Gasteiger partial charge on any atom is -0.481 e. The van der Waals surface area contributed by atoms with Gasteiger partial charge in [-0.25, -0.2) is 13.8 Å². The Balaban J connectivity index is 2.38. The SMILES string of the molecule is O=C1COc2cc(F)c(-n3c(=O)cc(C(F)(F)F)[nH]c3=O)c([N+](=O)[O-])c2N1. The van der Waals surface area contributed by atoms with E-state index in [1.54, 1.807) is 0 Å². The standard InChI is InChI=1S/C13H6F4N4O6/c14-4-1-5-9(19-7(22)3-27-5)11(21(25)26)10(4)20-8(23)2-6(13(15,16)17)18-12(20)24/h1-2H,3H2,(H,18,24)(H,19,22). The van der Waals surface area contributed by atoms with Gasteiger partial charge in [-0.15, -0.1) is 0 Å². The van der Waals surface area contributed by atoms with Crippen molar-refractivity contribution in [2.75, 3.05) is 11.9 Å². The maximum atomic E-state index is 14.4. The average Bonchev–Trinajstić information content (AvgIpc) is 2.53. The zero-order valence-corrected chi connectivity index (χ0v) is 12.7. The van der Waals surface area contributed by atoms with Crippen molar-refractivity contribution in [2.45, 2.75) is 6.18 Å². The lowest BCUT2D eigenvalue weighted by molar-refractivity contribution is -0.383. The largest absolute Gasteiger partial charge is 0.481 e. The number of halogens is 4. The van der Waals surface area contributed by atoms with Crippen molar-refractivity contribution < 1.29 is 32.0 Å². The van der Waals surface area contributed by atoms with Crippen molar-refractivity contribution in [3.8, 4) is 11.4 Å². The van der Waals surface area contributed by atoms with Crippen LogP contribution in [0.4, 0.5) is 28.9 Å². The topological polar surface area (TPSA) is 136 Å². The van der Waals surface area contributed by atoms with Crippen LogP contribution < -0.4 is 21.3 Å². The highest BCUT2D eigenvalue weighted by molar-refractivity contribution is 5.99. The van der Waals surface area contributed by atoms with Crippen LogP contribution in [-0.2, 0) is 11.0 Å². The van der Waals surface area contributed by atoms with Crippen LogP contribution in [0.25, 0.3) is 5.69 Å². The number of H-pyrrole nitrogens is 1. The van der Waals surface area contributed by atoms with Crippen LogP contribution in [0.3, 0.4) is 0 Å². The smallest absolute Gasteiger partial charge is 0.431 e. The van der Waals surface area contributed by atoms with Gasteiger partial charge in [0.1, 0.15) is 5.69 Å². The van der Waals surface area contributed by atoms with Crippen molar-refractivity contribution in [3.05, 3.63) is 54.6 Å². The number of nitrogens with one attached hydrogen (secondary N) is 2. The van der Waals surface area contributed by atoms with Gasteiger partial charge in [-0.05, 0) is 0 Å². The third-order valence-corrected chi connectivity index (χ3v) is 3.46. The number of hydrogen-bond donors (Lipinski definition) is 2. The number of carbonyl (C=O) groups is 1. The molecule has 10 nitrogen and oxygen atoms in total. The molecule has 1 aromatic heterocycles. The summed E-state index contributed by atoms with van der Waals surface area (Å²) in [5, 5.41) is 13.4. The number of carbonyl (C=O) groups excluding carboxylic acids is 1. The highest BCUT2D eigenvalue weighted by Gasteiger charge is 2.36. The number of fused-ring (bicyclic) bond motifs is 1.